The molecule has 3 unspecified atom stereocenters. The van der Waals surface area contributed by atoms with Gasteiger partial charge in [-0.05, 0) is 31.5 Å². The summed E-state index contributed by atoms with van der Waals surface area (Å²) >= 11 is 0. The summed E-state index contributed by atoms with van der Waals surface area (Å²) in [4.78, 5) is 0. The minimum absolute atomic E-state index is 0.0490. The van der Waals surface area contributed by atoms with Gasteiger partial charge in [0.1, 0.15) is 36.9 Å². The Labute approximate surface area is 156 Å². The van der Waals surface area contributed by atoms with Crippen LogP contribution in [0, 0.1) is 5.92 Å². The molecular formula is C19H35N3O4. The van der Waals surface area contributed by atoms with Crippen LogP contribution in [0.15, 0.2) is 24.3 Å². The minimum atomic E-state index is -0.618. The molecule has 0 heterocycles. The number of ether oxygens (including phenoxy) is 2. The minimum Gasteiger partial charge on any atom is -0.491 e. The maximum absolute atomic E-state index is 9.92. The lowest BCUT2D eigenvalue weighted by molar-refractivity contribution is 0.102. The first-order valence-electron chi connectivity index (χ1n) is 9.25. The van der Waals surface area contributed by atoms with Crippen LogP contribution in [-0.2, 0) is 0 Å². The quantitative estimate of drug-likeness (QED) is 0.322. The topological polar surface area (TPSA) is 109 Å². The van der Waals surface area contributed by atoms with Crippen molar-refractivity contribution >= 4 is 0 Å². The average molecular weight is 370 g/mol. The second-order valence-corrected chi connectivity index (χ2v) is 7.09. The zero-order chi connectivity index (χ0) is 19.4. The molecule has 0 fully saturated rings. The van der Waals surface area contributed by atoms with Crippen molar-refractivity contribution in [3.63, 3.8) is 0 Å². The van der Waals surface area contributed by atoms with Crippen LogP contribution in [0.3, 0.4) is 0 Å². The number of benzene rings is 1. The highest BCUT2D eigenvalue weighted by Crippen LogP contribution is 2.19. The summed E-state index contributed by atoms with van der Waals surface area (Å²) in [5.74, 6) is 1.78. The molecule has 0 aliphatic heterocycles. The van der Waals surface area contributed by atoms with Gasteiger partial charge in [0, 0.05) is 31.7 Å². The lowest BCUT2D eigenvalue weighted by Crippen LogP contribution is -2.37. The highest BCUT2D eigenvalue weighted by atomic mass is 16.5. The largest absolute Gasteiger partial charge is 0.491 e. The van der Waals surface area contributed by atoms with Gasteiger partial charge in [0.2, 0.25) is 0 Å². The van der Waals surface area contributed by atoms with Gasteiger partial charge in [-0.1, -0.05) is 19.9 Å². The van der Waals surface area contributed by atoms with Gasteiger partial charge >= 0.3 is 0 Å². The Morgan fingerprint density at radius 2 is 1.38 bits per heavy atom. The normalized spacial score (nSPS) is 14.9. The van der Waals surface area contributed by atoms with E-state index in [9.17, 15) is 10.2 Å². The van der Waals surface area contributed by atoms with Crippen molar-refractivity contribution in [1.29, 1.82) is 0 Å². The number of aliphatic hydroxyl groups excluding tert-OH is 2. The van der Waals surface area contributed by atoms with E-state index < -0.39 is 12.2 Å². The van der Waals surface area contributed by atoms with E-state index in [1.54, 1.807) is 12.1 Å². The molecule has 1 rings (SSSR count). The summed E-state index contributed by atoms with van der Waals surface area (Å²) in [5, 5.41) is 26.1. The van der Waals surface area contributed by atoms with Gasteiger partial charge in [-0.15, -0.1) is 0 Å². The van der Waals surface area contributed by atoms with Gasteiger partial charge in [0.15, 0.2) is 0 Å². The number of rotatable bonds is 14. The molecule has 0 aromatic heterocycles. The third-order valence-electron chi connectivity index (χ3n) is 3.47. The van der Waals surface area contributed by atoms with Gasteiger partial charge in [0.05, 0.1) is 0 Å². The Morgan fingerprint density at radius 3 is 1.85 bits per heavy atom. The molecule has 7 nitrogen and oxygen atoms in total. The predicted molar refractivity (Wildman–Crippen MR) is 104 cm³/mol. The fraction of sp³-hybridized carbons (Fsp3) is 0.684. The number of nitrogens with two attached hydrogens (primary N) is 1. The van der Waals surface area contributed by atoms with E-state index in [2.05, 4.69) is 24.5 Å². The molecule has 1 aromatic carbocycles. The van der Waals surface area contributed by atoms with Crippen LogP contribution >= 0.6 is 0 Å². The number of hydrogen-bond donors (Lipinski definition) is 5. The molecular weight excluding hydrogens is 334 g/mol. The molecule has 3 atom stereocenters. The lowest BCUT2D eigenvalue weighted by atomic mass is 10.2. The molecule has 0 saturated carbocycles. The summed E-state index contributed by atoms with van der Waals surface area (Å²) in [6.07, 6.45) is -1.19. The highest BCUT2D eigenvalue weighted by Gasteiger charge is 2.08. The second kappa shape index (κ2) is 12.9. The highest BCUT2D eigenvalue weighted by molar-refractivity contribution is 5.32. The molecule has 7 heteroatoms. The molecule has 1 aromatic rings. The molecule has 0 spiro atoms. The van der Waals surface area contributed by atoms with Gasteiger partial charge in [-0.3, -0.25) is 0 Å². The Bertz CT molecular complexity index is 446. The fourth-order valence-electron chi connectivity index (χ4n) is 2.17. The number of nitrogens with one attached hydrogen (secondary N) is 2. The van der Waals surface area contributed by atoms with E-state index in [1.807, 2.05) is 19.1 Å². The van der Waals surface area contributed by atoms with E-state index in [-0.39, 0.29) is 19.3 Å². The van der Waals surface area contributed by atoms with Crippen LogP contribution in [0.25, 0.3) is 0 Å². The molecule has 0 aliphatic carbocycles. The molecule has 0 aliphatic rings. The predicted octanol–water partition coefficient (Wildman–Crippen LogP) is 0.348. The van der Waals surface area contributed by atoms with E-state index in [4.69, 9.17) is 15.2 Å². The summed E-state index contributed by atoms with van der Waals surface area (Å²) in [5.41, 5.74) is 5.64. The number of hydrogen-bond acceptors (Lipinski definition) is 7. The van der Waals surface area contributed by atoms with Crippen molar-refractivity contribution in [2.24, 2.45) is 11.7 Å². The molecule has 150 valence electrons. The molecule has 0 bridgehead atoms. The zero-order valence-electron chi connectivity index (χ0n) is 16.1. The van der Waals surface area contributed by atoms with E-state index >= 15 is 0 Å². The van der Waals surface area contributed by atoms with Crippen LogP contribution in [0.2, 0.25) is 0 Å². The average Bonchev–Trinajstić information content (AvgIpc) is 2.58. The first kappa shape index (κ1) is 22.7. The molecule has 6 N–H and O–H groups in total. The maximum atomic E-state index is 9.92. The first-order valence-corrected chi connectivity index (χ1v) is 9.25. The van der Waals surface area contributed by atoms with Crippen LogP contribution in [0.4, 0.5) is 0 Å². The molecule has 0 amide bonds. The van der Waals surface area contributed by atoms with Crippen molar-refractivity contribution in [3.05, 3.63) is 24.3 Å². The van der Waals surface area contributed by atoms with Crippen molar-refractivity contribution in [3.8, 4) is 11.5 Å². The Kier molecular flexibility index (Phi) is 11.2. The van der Waals surface area contributed by atoms with E-state index in [0.29, 0.717) is 37.1 Å². The third kappa shape index (κ3) is 11.3. The standard InChI is InChI=1S/C19H35N3O4/c1-14(2)8-21-10-16(23)12-25-18-5-4-6-19(7-18)26-13-17(24)11-22-9-15(3)20/h4-7,14-17,21-24H,8-13,20H2,1-3H3. The Hall–Kier alpha value is -1.38. The van der Waals surface area contributed by atoms with Gasteiger partial charge in [-0.2, -0.15) is 0 Å². The molecule has 0 radical (unpaired) electrons. The number of aliphatic hydroxyl groups is 2. The fourth-order valence-corrected chi connectivity index (χ4v) is 2.17. The van der Waals surface area contributed by atoms with Crippen LogP contribution < -0.4 is 25.8 Å². The summed E-state index contributed by atoms with van der Waals surface area (Å²) in [6, 6.07) is 7.22. The first-order chi connectivity index (χ1) is 12.4. The van der Waals surface area contributed by atoms with Crippen molar-refractivity contribution in [2.75, 3.05) is 39.4 Å². The molecule has 26 heavy (non-hydrogen) atoms. The zero-order valence-corrected chi connectivity index (χ0v) is 16.1. The third-order valence-corrected chi connectivity index (χ3v) is 3.47. The van der Waals surface area contributed by atoms with Gasteiger partial charge < -0.3 is 36.1 Å². The van der Waals surface area contributed by atoms with Crippen molar-refractivity contribution in [1.82, 2.24) is 10.6 Å². The summed E-state index contributed by atoms with van der Waals surface area (Å²) in [6.45, 7) is 8.95. The smallest absolute Gasteiger partial charge is 0.123 e. The van der Waals surface area contributed by atoms with Crippen molar-refractivity contribution in [2.45, 2.75) is 39.0 Å². The Morgan fingerprint density at radius 1 is 0.885 bits per heavy atom. The van der Waals surface area contributed by atoms with Crippen LogP contribution in [-0.4, -0.2) is 67.9 Å². The van der Waals surface area contributed by atoms with Gasteiger partial charge in [-0.25, -0.2) is 0 Å². The van der Waals surface area contributed by atoms with Crippen LogP contribution in [0.5, 0.6) is 11.5 Å². The van der Waals surface area contributed by atoms with Crippen molar-refractivity contribution < 1.29 is 19.7 Å². The second-order valence-electron chi connectivity index (χ2n) is 7.09. The Balaban J connectivity index is 2.29. The summed E-state index contributed by atoms with van der Waals surface area (Å²) in [7, 11) is 0. The van der Waals surface area contributed by atoms with Gasteiger partial charge in [0.25, 0.3) is 0 Å². The monoisotopic (exact) mass is 369 g/mol. The van der Waals surface area contributed by atoms with E-state index in [1.165, 1.54) is 0 Å². The summed E-state index contributed by atoms with van der Waals surface area (Å²) < 4.78 is 11.2. The SMILES string of the molecule is CC(C)CNCC(O)COc1cccc(OCC(O)CNCC(C)N)c1. The van der Waals surface area contributed by atoms with Crippen LogP contribution in [0.1, 0.15) is 20.8 Å². The molecule has 0 saturated heterocycles. The van der Waals surface area contributed by atoms with E-state index in [0.717, 1.165) is 6.54 Å². The maximum Gasteiger partial charge on any atom is 0.123 e. The lowest BCUT2D eigenvalue weighted by Gasteiger charge is -2.16.